The van der Waals surface area contributed by atoms with Crippen LogP contribution in [0.4, 0.5) is 23.7 Å². The van der Waals surface area contributed by atoms with Crippen molar-refractivity contribution in [2.24, 2.45) is 17.8 Å². The Bertz CT molecular complexity index is 1780. The molecule has 0 bridgehead atoms. The van der Waals surface area contributed by atoms with Crippen molar-refractivity contribution < 1.29 is 76.7 Å². The Morgan fingerprint density at radius 2 is 1.62 bits per heavy atom. The van der Waals surface area contributed by atoms with Gasteiger partial charge in [-0.15, -0.1) is 0 Å². The summed E-state index contributed by atoms with van der Waals surface area (Å²) in [5, 5.41) is 64.6. The van der Waals surface area contributed by atoms with Crippen LogP contribution in [0.25, 0.3) is 0 Å². The number of aliphatic hydroxyl groups excluding tert-OH is 3. The van der Waals surface area contributed by atoms with E-state index >= 15 is 0 Å². The van der Waals surface area contributed by atoms with Gasteiger partial charge in [-0.05, 0) is 106 Å². The monoisotopic (exact) mass is 979 g/mol. The molecule has 3 aliphatic rings. The van der Waals surface area contributed by atoms with Crippen LogP contribution in [0.15, 0.2) is 24.3 Å². The number of amides is 2. The minimum atomic E-state index is -4.69. The summed E-state index contributed by atoms with van der Waals surface area (Å²) in [5.41, 5.74) is -6.25. The summed E-state index contributed by atoms with van der Waals surface area (Å²) in [6.45, 7) is 17.4. The molecule has 0 radical (unpaired) electrons. The van der Waals surface area contributed by atoms with Crippen LogP contribution in [0.5, 0.6) is 0 Å². The maximum atomic E-state index is 14.5. The number of carbonyl (C=O) groups excluding carboxylic acids is 2. The summed E-state index contributed by atoms with van der Waals surface area (Å²) in [6, 6.07) is 2.60. The van der Waals surface area contributed by atoms with Crippen molar-refractivity contribution in [1.29, 1.82) is 0 Å². The van der Waals surface area contributed by atoms with Crippen LogP contribution in [0, 0.1) is 17.8 Å². The summed E-state index contributed by atoms with van der Waals surface area (Å²) in [6.07, 6.45) is -14.3. The molecule has 3 saturated heterocycles. The highest BCUT2D eigenvalue weighted by Gasteiger charge is 2.53. The van der Waals surface area contributed by atoms with Gasteiger partial charge in [0, 0.05) is 51.2 Å². The molecule has 392 valence electrons. The zero-order valence-corrected chi connectivity index (χ0v) is 42.2. The van der Waals surface area contributed by atoms with Crippen LogP contribution in [0.2, 0.25) is 0 Å². The lowest BCUT2D eigenvalue weighted by Crippen LogP contribution is -2.60. The normalized spacial score (nSPS) is 40.8. The Morgan fingerprint density at radius 1 is 0.971 bits per heavy atom. The number of urea groups is 1. The van der Waals surface area contributed by atoms with E-state index in [1.807, 2.05) is 37.7 Å². The average Bonchev–Trinajstić information content (AvgIpc) is 3.25. The smallest absolute Gasteiger partial charge is 0.418 e. The van der Waals surface area contributed by atoms with Gasteiger partial charge in [0.25, 0.3) is 0 Å². The van der Waals surface area contributed by atoms with Gasteiger partial charge >= 0.3 is 18.2 Å². The molecule has 0 aliphatic carbocycles. The van der Waals surface area contributed by atoms with Gasteiger partial charge < -0.3 is 69.5 Å². The van der Waals surface area contributed by atoms with Crippen molar-refractivity contribution >= 4 is 17.7 Å². The maximum Gasteiger partial charge on any atom is 0.418 e. The van der Waals surface area contributed by atoms with Gasteiger partial charge in [0.2, 0.25) is 0 Å². The first-order valence-electron chi connectivity index (χ1n) is 24.0. The fourth-order valence-electron chi connectivity index (χ4n) is 10.4. The number of rotatable bonds is 12. The molecular weight excluding hydrogens is 898 g/mol. The van der Waals surface area contributed by atoms with E-state index in [-0.39, 0.29) is 63.4 Å². The second-order valence-electron chi connectivity index (χ2n) is 20.5. The van der Waals surface area contributed by atoms with E-state index in [1.54, 1.807) is 48.5 Å². The Hall–Kier alpha value is -2.73. The molecule has 7 N–H and O–H groups in total. The van der Waals surface area contributed by atoms with E-state index in [9.17, 15) is 48.3 Å². The number of nitrogens with zero attached hydrogens (tertiary/aromatic N) is 2. The van der Waals surface area contributed by atoms with E-state index in [4.69, 9.17) is 28.4 Å². The Labute approximate surface area is 400 Å². The number of anilines is 1. The summed E-state index contributed by atoms with van der Waals surface area (Å²) < 4.78 is 78.6. The number of carbonyl (C=O) groups is 2. The Morgan fingerprint density at radius 3 is 2.22 bits per heavy atom. The number of aliphatic hydroxyl groups is 5. The highest BCUT2D eigenvalue weighted by Crippen LogP contribution is 2.41. The zero-order chi connectivity index (χ0) is 51.3. The molecule has 0 aromatic heterocycles. The third-order valence-electron chi connectivity index (χ3n) is 14.4. The quantitative estimate of drug-likeness (QED) is 0.113. The molecule has 68 heavy (non-hydrogen) atoms. The number of halogens is 3. The SMILES string of the molecule is CC[C@H]1OC(=O)[C@H](C)[C@@H](O[C@H]2C[C@@](C)(OC)[C@@H](O)[C@H](C)O2)[C@H](C)[C@@H](O[C@@H]2O[C@H](C)C[C@H](N(C)C)[C@H]2O)[C@](C)(O)C[C@@H](C)CN(CCCNC(=O)Nc2ccccc2C(F)(F)F)[C@H](C)[C@@H](O)[C@]1(C)O. The van der Waals surface area contributed by atoms with Gasteiger partial charge in [-0.3, -0.25) is 9.69 Å². The van der Waals surface area contributed by atoms with Crippen LogP contribution >= 0.6 is 0 Å². The van der Waals surface area contributed by atoms with E-state index in [2.05, 4.69) is 10.6 Å². The average molecular weight is 979 g/mol. The van der Waals surface area contributed by atoms with Gasteiger partial charge in [-0.25, -0.2) is 4.79 Å². The van der Waals surface area contributed by atoms with Gasteiger partial charge in [0.05, 0.1) is 52.8 Å². The first-order chi connectivity index (χ1) is 31.5. The lowest BCUT2D eigenvalue weighted by molar-refractivity contribution is -0.318. The van der Waals surface area contributed by atoms with Gasteiger partial charge in [0.15, 0.2) is 12.6 Å². The van der Waals surface area contributed by atoms with Crippen LogP contribution in [-0.4, -0.2) is 178 Å². The van der Waals surface area contributed by atoms with Gasteiger partial charge in [-0.2, -0.15) is 13.2 Å². The van der Waals surface area contributed by atoms with E-state index < -0.39 is 119 Å². The summed E-state index contributed by atoms with van der Waals surface area (Å²) in [4.78, 5) is 31.1. The summed E-state index contributed by atoms with van der Waals surface area (Å²) in [5.74, 6) is -3.17. The topological polar surface area (TPSA) is 221 Å². The van der Waals surface area contributed by atoms with Crippen molar-refractivity contribution in [3.63, 3.8) is 0 Å². The van der Waals surface area contributed by atoms with Crippen molar-refractivity contribution in [2.75, 3.05) is 46.2 Å². The van der Waals surface area contributed by atoms with E-state index in [0.717, 1.165) is 12.1 Å². The van der Waals surface area contributed by atoms with Gasteiger partial charge in [0.1, 0.15) is 30.0 Å². The summed E-state index contributed by atoms with van der Waals surface area (Å²) in [7, 11) is 5.15. The standard InChI is InChI=1S/C48H81F3N4O13/c1-14-35-47(10,62)39(57)30(6)55(21-17-20-52-44(60)53-33-19-16-15-18-32(33)48(49,50)51)25-26(2)23-45(8,61)41(68-43-37(56)34(54(11)12)22-27(3)64-43)28(4)38(29(5)42(59)66-35)67-36-24-46(9,63-13)40(58)31(7)65-36/h15-16,18-19,26-31,34-41,43,56-58,61-62H,14,17,20-25H2,1-13H3,(H2,52,53,60)/t26-,27-,28+,29-,30-,31+,34+,35-,36+,37-,38+,39-,40+,41-,43+,45-,46-,47-/m1/s1. The van der Waals surface area contributed by atoms with E-state index in [0.29, 0.717) is 6.42 Å². The molecule has 3 heterocycles. The third kappa shape index (κ3) is 14.0. The number of hydrogen-bond acceptors (Lipinski definition) is 15. The van der Waals surface area contributed by atoms with Crippen LogP contribution < -0.4 is 10.6 Å². The molecule has 0 spiro atoms. The molecule has 1 aromatic rings. The number of para-hydroxylation sites is 1. The predicted molar refractivity (Wildman–Crippen MR) is 246 cm³/mol. The second kappa shape index (κ2) is 23.7. The highest BCUT2D eigenvalue weighted by atomic mass is 19.4. The Kier molecular flexibility index (Phi) is 20.1. The first-order valence-corrected chi connectivity index (χ1v) is 24.0. The number of ether oxygens (including phenoxy) is 6. The van der Waals surface area contributed by atoms with Crippen molar-refractivity contribution in [3.8, 4) is 0 Å². The number of alkyl halides is 3. The molecule has 18 atom stereocenters. The third-order valence-corrected chi connectivity index (χ3v) is 14.4. The highest BCUT2D eigenvalue weighted by molar-refractivity contribution is 5.90. The fourth-order valence-corrected chi connectivity index (χ4v) is 10.4. The molecule has 1 aromatic carbocycles. The molecule has 3 fully saturated rings. The van der Waals surface area contributed by atoms with Crippen molar-refractivity contribution in [2.45, 2.75) is 198 Å². The summed E-state index contributed by atoms with van der Waals surface area (Å²) >= 11 is 0. The molecule has 0 saturated carbocycles. The number of benzene rings is 1. The zero-order valence-electron chi connectivity index (χ0n) is 42.2. The molecule has 17 nitrogen and oxygen atoms in total. The minimum Gasteiger partial charge on any atom is -0.459 e. The molecule has 3 aliphatic heterocycles. The van der Waals surface area contributed by atoms with Crippen LogP contribution in [0.3, 0.4) is 0 Å². The van der Waals surface area contributed by atoms with Crippen LogP contribution in [-0.2, 0) is 39.4 Å². The number of methoxy groups -OCH3 is 1. The Balaban J connectivity index is 1.73. The lowest BCUT2D eigenvalue weighted by atomic mass is 9.77. The number of cyclic esters (lactones) is 1. The minimum absolute atomic E-state index is 0.0196. The first kappa shape index (κ1) is 57.8. The number of esters is 1. The largest absolute Gasteiger partial charge is 0.459 e. The molecular formula is C48H81F3N4O13. The fraction of sp³-hybridized carbons (Fsp3) is 0.833. The van der Waals surface area contributed by atoms with Crippen LogP contribution in [0.1, 0.15) is 107 Å². The molecule has 0 unspecified atom stereocenters. The lowest BCUT2D eigenvalue weighted by Gasteiger charge is -2.48. The molecule has 20 heteroatoms. The second-order valence-corrected chi connectivity index (χ2v) is 20.5. The molecule has 2 amide bonds. The molecule has 4 rings (SSSR count). The maximum absolute atomic E-state index is 14.5. The van der Waals surface area contributed by atoms with E-state index in [1.165, 1.54) is 26.2 Å². The predicted octanol–water partition coefficient (Wildman–Crippen LogP) is 4.50. The number of hydrogen-bond donors (Lipinski definition) is 7. The number of nitrogens with one attached hydrogen (secondary N) is 2. The van der Waals surface area contributed by atoms with Gasteiger partial charge in [-0.1, -0.05) is 32.9 Å². The van der Waals surface area contributed by atoms with Crippen molar-refractivity contribution in [1.82, 2.24) is 15.1 Å². The van der Waals surface area contributed by atoms with Crippen molar-refractivity contribution in [3.05, 3.63) is 29.8 Å². The number of likely N-dealkylation sites (N-methyl/N-ethyl adjacent to an activating group) is 1.